The smallest absolute Gasteiger partial charge is 0.308 e. The standard InChI is InChI=1S/C14H19N3O2/c18-14(19)10-8-12(10)15-13-7-6-11(16-17-13)9-4-2-1-3-5-9/h6-7,9-10,12H,1-5,8H2,(H,15,17)(H,18,19). The molecule has 0 aliphatic heterocycles. The Morgan fingerprint density at radius 1 is 1.21 bits per heavy atom. The molecule has 5 heteroatoms. The Kier molecular flexibility index (Phi) is 3.36. The number of hydrogen-bond acceptors (Lipinski definition) is 4. The average molecular weight is 261 g/mol. The second-order valence-electron chi connectivity index (χ2n) is 5.61. The Morgan fingerprint density at radius 2 is 2.00 bits per heavy atom. The fourth-order valence-corrected chi connectivity index (χ4v) is 2.85. The minimum absolute atomic E-state index is 0.0207. The predicted molar refractivity (Wildman–Crippen MR) is 71.0 cm³/mol. The first-order valence-electron chi connectivity index (χ1n) is 7.07. The van der Waals surface area contributed by atoms with E-state index >= 15 is 0 Å². The van der Waals surface area contributed by atoms with Crippen LogP contribution in [0.5, 0.6) is 0 Å². The van der Waals surface area contributed by atoms with Gasteiger partial charge in [-0.15, -0.1) is 5.10 Å². The highest BCUT2D eigenvalue weighted by molar-refractivity contribution is 5.75. The molecular weight excluding hydrogens is 242 g/mol. The van der Waals surface area contributed by atoms with Crippen LogP contribution in [0.15, 0.2) is 12.1 Å². The summed E-state index contributed by atoms with van der Waals surface area (Å²) in [5.41, 5.74) is 1.08. The van der Waals surface area contributed by atoms with E-state index in [2.05, 4.69) is 15.5 Å². The summed E-state index contributed by atoms with van der Waals surface area (Å²) in [4.78, 5) is 10.7. The van der Waals surface area contributed by atoms with Crippen molar-refractivity contribution in [3.8, 4) is 0 Å². The maximum absolute atomic E-state index is 10.7. The van der Waals surface area contributed by atoms with Gasteiger partial charge in [-0.05, 0) is 31.4 Å². The second-order valence-corrected chi connectivity index (χ2v) is 5.61. The zero-order valence-electron chi connectivity index (χ0n) is 10.9. The van der Waals surface area contributed by atoms with E-state index in [1.54, 1.807) is 0 Å². The normalized spacial score (nSPS) is 26.9. The van der Waals surface area contributed by atoms with Crippen molar-refractivity contribution >= 4 is 11.8 Å². The number of anilines is 1. The lowest BCUT2D eigenvalue weighted by molar-refractivity contribution is -0.138. The third-order valence-corrected chi connectivity index (χ3v) is 4.15. The van der Waals surface area contributed by atoms with Crippen LogP contribution in [0.25, 0.3) is 0 Å². The lowest BCUT2D eigenvalue weighted by Gasteiger charge is -2.20. The molecule has 19 heavy (non-hydrogen) atoms. The van der Waals surface area contributed by atoms with Crippen LogP contribution in [-0.2, 0) is 4.79 Å². The van der Waals surface area contributed by atoms with Crippen LogP contribution in [0.3, 0.4) is 0 Å². The quantitative estimate of drug-likeness (QED) is 0.870. The van der Waals surface area contributed by atoms with E-state index in [0.29, 0.717) is 18.2 Å². The molecule has 2 saturated carbocycles. The Morgan fingerprint density at radius 3 is 2.58 bits per heavy atom. The largest absolute Gasteiger partial charge is 0.481 e. The Balaban J connectivity index is 1.58. The maximum Gasteiger partial charge on any atom is 0.308 e. The monoisotopic (exact) mass is 261 g/mol. The number of aromatic nitrogens is 2. The van der Waals surface area contributed by atoms with Crippen molar-refractivity contribution in [1.29, 1.82) is 0 Å². The van der Waals surface area contributed by atoms with Gasteiger partial charge in [-0.25, -0.2) is 0 Å². The number of carbonyl (C=O) groups is 1. The lowest BCUT2D eigenvalue weighted by Crippen LogP contribution is -2.12. The van der Waals surface area contributed by atoms with Gasteiger partial charge in [-0.1, -0.05) is 19.3 Å². The molecule has 0 bridgehead atoms. The van der Waals surface area contributed by atoms with E-state index in [9.17, 15) is 4.79 Å². The number of carboxylic acids is 1. The van der Waals surface area contributed by atoms with Crippen LogP contribution in [-0.4, -0.2) is 27.3 Å². The van der Waals surface area contributed by atoms with Crippen molar-refractivity contribution in [2.75, 3.05) is 5.32 Å². The Bertz CT molecular complexity index is 454. The fourth-order valence-electron chi connectivity index (χ4n) is 2.85. The summed E-state index contributed by atoms with van der Waals surface area (Å²) in [7, 11) is 0. The third-order valence-electron chi connectivity index (χ3n) is 4.15. The molecule has 0 radical (unpaired) electrons. The van der Waals surface area contributed by atoms with Gasteiger partial charge in [0.1, 0.15) is 5.82 Å². The molecule has 1 aromatic rings. The molecule has 2 atom stereocenters. The van der Waals surface area contributed by atoms with Gasteiger partial charge < -0.3 is 10.4 Å². The second kappa shape index (κ2) is 5.15. The molecule has 1 aromatic heterocycles. The topological polar surface area (TPSA) is 75.1 Å². The first-order valence-corrected chi connectivity index (χ1v) is 7.07. The molecule has 2 aliphatic carbocycles. The summed E-state index contributed by atoms with van der Waals surface area (Å²) in [6.07, 6.45) is 7.02. The first kappa shape index (κ1) is 12.4. The van der Waals surface area contributed by atoms with Gasteiger partial charge in [0.2, 0.25) is 0 Å². The van der Waals surface area contributed by atoms with Crippen molar-refractivity contribution in [2.45, 2.75) is 50.5 Å². The van der Waals surface area contributed by atoms with E-state index < -0.39 is 5.97 Å². The van der Waals surface area contributed by atoms with Crippen LogP contribution < -0.4 is 5.32 Å². The first-order chi connectivity index (χ1) is 9.24. The summed E-state index contributed by atoms with van der Waals surface area (Å²) in [5.74, 6) is 0.250. The van der Waals surface area contributed by atoms with Crippen LogP contribution in [0.4, 0.5) is 5.82 Å². The third kappa shape index (κ3) is 2.85. The fraction of sp³-hybridized carbons (Fsp3) is 0.643. The summed E-state index contributed by atoms with van der Waals surface area (Å²) in [6.45, 7) is 0. The number of nitrogens with zero attached hydrogens (tertiary/aromatic N) is 2. The van der Waals surface area contributed by atoms with Crippen molar-refractivity contribution in [2.24, 2.45) is 5.92 Å². The summed E-state index contributed by atoms with van der Waals surface area (Å²) < 4.78 is 0. The number of carboxylic acid groups (broad SMARTS) is 1. The molecule has 1 heterocycles. The van der Waals surface area contributed by atoms with Crippen LogP contribution in [0.1, 0.15) is 50.1 Å². The number of hydrogen-bond donors (Lipinski definition) is 2. The van der Waals surface area contributed by atoms with Gasteiger partial charge in [-0.2, -0.15) is 5.10 Å². The van der Waals surface area contributed by atoms with Gasteiger partial charge in [0, 0.05) is 12.0 Å². The Hall–Kier alpha value is -1.65. The summed E-state index contributed by atoms with van der Waals surface area (Å²) in [6, 6.07) is 3.98. The lowest BCUT2D eigenvalue weighted by atomic mass is 9.87. The van der Waals surface area contributed by atoms with Crippen LogP contribution in [0, 0.1) is 5.92 Å². The van der Waals surface area contributed by atoms with E-state index in [0.717, 1.165) is 5.69 Å². The predicted octanol–water partition coefficient (Wildman–Crippen LogP) is 2.41. The molecule has 0 spiro atoms. The number of aliphatic carboxylic acids is 1. The molecule has 5 nitrogen and oxygen atoms in total. The maximum atomic E-state index is 10.7. The van der Waals surface area contributed by atoms with Crippen LogP contribution in [0.2, 0.25) is 0 Å². The van der Waals surface area contributed by atoms with Gasteiger partial charge in [0.15, 0.2) is 0 Å². The van der Waals surface area contributed by atoms with Gasteiger partial charge in [0.05, 0.1) is 11.6 Å². The van der Waals surface area contributed by atoms with E-state index in [4.69, 9.17) is 5.11 Å². The van der Waals surface area contributed by atoms with Crippen molar-refractivity contribution in [1.82, 2.24) is 10.2 Å². The van der Waals surface area contributed by atoms with Gasteiger partial charge >= 0.3 is 5.97 Å². The molecule has 2 aliphatic rings. The molecule has 0 saturated heterocycles. The van der Waals surface area contributed by atoms with Gasteiger partial charge in [0.25, 0.3) is 0 Å². The Labute approximate surface area is 112 Å². The zero-order valence-corrected chi connectivity index (χ0v) is 10.9. The molecule has 2 N–H and O–H groups in total. The molecule has 2 unspecified atom stereocenters. The molecule has 2 fully saturated rings. The SMILES string of the molecule is O=C(O)C1CC1Nc1ccc(C2CCCCC2)nn1. The van der Waals surface area contributed by atoms with Gasteiger partial charge in [-0.3, -0.25) is 4.79 Å². The molecule has 0 aromatic carbocycles. The van der Waals surface area contributed by atoms with Crippen molar-refractivity contribution in [3.05, 3.63) is 17.8 Å². The summed E-state index contributed by atoms with van der Waals surface area (Å²) >= 11 is 0. The summed E-state index contributed by atoms with van der Waals surface area (Å²) in [5, 5.41) is 20.4. The average Bonchev–Trinajstić information content (AvgIpc) is 3.20. The van der Waals surface area contributed by atoms with E-state index in [1.165, 1.54) is 32.1 Å². The van der Waals surface area contributed by atoms with E-state index in [1.807, 2.05) is 12.1 Å². The number of nitrogens with one attached hydrogen (secondary N) is 1. The molecule has 3 rings (SSSR count). The molecule has 102 valence electrons. The minimum atomic E-state index is -0.732. The highest BCUT2D eigenvalue weighted by Gasteiger charge is 2.43. The molecule has 0 amide bonds. The van der Waals surface area contributed by atoms with Crippen molar-refractivity contribution < 1.29 is 9.90 Å². The molecular formula is C14H19N3O2. The highest BCUT2D eigenvalue weighted by atomic mass is 16.4. The van der Waals surface area contributed by atoms with E-state index in [-0.39, 0.29) is 12.0 Å². The minimum Gasteiger partial charge on any atom is -0.481 e. The van der Waals surface area contributed by atoms with Crippen LogP contribution >= 0.6 is 0 Å². The van der Waals surface area contributed by atoms with Crippen molar-refractivity contribution in [3.63, 3.8) is 0 Å². The number of rotatable bonds is 4. The highest BCUT2D eigenvalue weighted by Crippen LogP contribution is 2.34. The zero-order chi connectivity index (χ0) is 13.2.